The maximum absolute atomic E-state index is 12.7. The van der Waals surface area contributed by atoms with Crippen molar-refractivity contribution in [1.29, 1.82) is 0 Å². The molecule has 96 valence electrons. The van der Waals surface area contributed by atoms with Gasteiger partial charge in [0.2, 0.25) is 0 Å². The maximum Gasteiger partial charge on any atom is 0.416 e. The Morgan fingerprint density at radius 3 is 2.53 bits per heavy atom. The number of rotatable bonds is 4. The second-order valence-corrected chi connectivity index (χ2v) is 4.08. The molecule has 0 aromatic heterocycles. The van der Waals surface area contributed by atoms with E-state index in [-0.39, 0.29) is 23.6 Å². The van der Waals surface area contributed by atoms with E-state index in [9.17, 15) is 13.2 Å². The summed E-state index contributed by atoms with van der Waals surface area (Å²) in [5.41, 5.74) is 4.77. The molecule has 0 saturated heterocycles. The Morgan fingerprint density at radius 1 is 1.35 bits per heavy atom. The van der Waals surface area contributed by atoms with Gasteiger partial charge >= 0.3 is 6.18 Å². The first-order valence-electron chi connectivity index (χ1n) is 5.10. The summed E-state index contributed by atoms with van der Waals surface area (Å²) < 4.78 is 38.2. The molecule has 0 heterocycles. The second-order valence-electron chi connectivity index (χ2n) is 3.67. The fraction of sp³-hybridized carbons (Fsp3) is 0.455. The van der Waals surface area contributed by atoms with Gasteiger partial charge in [0, 0.05) is 17.7 Å². The largest absolute Gasteiger partial charge is 0.416 e. The SMILES string of the molecule is N[C@@H](CCCO)c1c(Cl)cccc1C(F)(F)F. The average Bonchev–Trinajstić information content (AvgIpc) is 2.24. The molecule has 17 heavy (non-hydrogen) atoms. The topological polar surface area (TPSA) is 46.2 Å². The van der Waals surface area contributed by atoms with E-state index in [1.807, 2.05) is 0 Å². The zero-order chi connectivity index (χ0) is 13.1. The molecule has 0 aliphatic heterocycles. The molecule has 0 saturated carbocycles. The van der Waals surface area contributed by atoms with Crippen molar-refractivity contribution in [3.8, 4) is 0 Å². The number of halogens is 4. The monoisotopic (exact) mass is 267 g/mol. The molecule has 0 unspecified atom stereocenters. The van der Waals surface area contributed by atoms with E-state index in [1.54, 1.807) is 0 Å². The third-order valence-electron chi connectivity index (χ3n) is 2.40. The molecule has 0 amide bonds. The van der Waals surface area contributed by atoms with E-state index in [2.05, 4.69) is 0 Å². The molecule has 0 aliphatic rings. The molecule has 1 atom stereocenters. The van der Waals surface area contributed by atoms with Crippen LogP contribution in [0.1, 0.15) is 30.0 Å². The van der Waals surface area contributed by atoms with Crippen LogP contribution >= 0.6 is 11.6 Å². The first kappa shape index (κ1) is 14.3. The number of benzene rings is 1. The number of aliphatic hydroxyl groups excluding tert-OH is 1. The Bertz CT molecular complexity index is 381. The van der Waals surface area contributed by atoms with Gasteiger partial charge in [-0.05, 0) is 30.5 Å². The van der Waals surface area contributed by atoms with Crippen LogP contribution in [-0.4, -0.2) is 11.7 Å². The number of nitrogens with two attached hydrogens (primary N) is 1. The second kappa shape index (κ2) is 5.71. The Kier molecular flexibility index (Phi) is 4.80. The third-order valence-corrected chi connectivity index (χ3v) is 2.73. The highest BCUT2D eigenvalue weighted by Gasteiger charge is 2.35. The molecule has 0 bridgehead atoms. The van der Waals surface area contributed by atoms with E-state index in [0.29, 0.717) is 6.42 Å². The Morgan fingerprint density at radius 2 is 2.00 bits per heavy atom. The lowest BCUT2D eigenvalue weighted by atomic mass is 9.97. The normalized spacial score (nSPS) is 13.8. The number of alkyl halides is 3. The van der Waals surface area contributed by atoms with Gasteiger partial charge in [0.1, 0.15) is 0 Å². The maximum atomic E-state index is 12.7. The van der Waals surface area contributed by atoms with Gasteiger partial charge in [-0.1, -0.05) is 17.7 Å². The highest BCUT2D eigenvalue weighted by molar-refractivity contribution is 6.31. The van der Waals surface area contributed by atoms with Crippen molar-refractivity contribution in [3.05, 3.63) is 34.3 Å². The van der Waals surface area contributed by atoms with Gasteiger partial charge in [0.15, 0.2) is 0 Å². The Balaban J connectivity index is 3.12. The summed E-state index contributed by atoms with van der Waals surface area (Å²) in [6.07, 6.45) is -3.88. The average molecular weight is 268 g/mol. The number of hydrogen-bond acceptors (Lipinski definition) is 2. The van der Waals surface area contributed by atoms with Gasteiger partial charge in [-0.15, -0.1) is 0 Å². The standard InChI is InChI=1S/C11H13ClF3NO/c12-8-4-1-3-7(11(13,14)15)10(8)9(16)5-2-6-17/h1,3-4,9,17H,2,5-6,16H2/t9-/m0/s1. The molecule has 0 spiro atoms. The van der Waals surface area contributed by atoms with Gasteiger partial charge in [-0.3, -0.25) is 0 Å². The summed E-state index contributed by atoms with van der Waals surface area (Å²) in [4.78, 5) is 0. The summed E-state index contributed by atoms with van der Waals surface area (Å²) in [6.45, 7) is -0.112. The first-order chi connectivity index (χ1) is 7.88. The smallest absolute Gasteiger partial charge is 0.396 e. The molecule has 0 radical (unpaired) electrons. The van der Waals surface area contributed by atoms with Crippen molar-refractivity contribution in [2.45, 2.75) is 25.1 Å². The van der Waals surface area contributed by atoms with E-state index in [4.69, 9.17) is 22.4 Å². The van der Waals surface area contributed by atoms with Crippen LogP contribution in [0.25, 0.3) is 0 Å². The van der Waals surface area contributed by atoms with Crippen molar-refractivity contribution in [2.75, 3.05) is 6.61 Å². The lowest BCUT2D eigenvalue weighted by molar-refractivity contribution is -0.138. The van der Waals surface area contributed by atoms with Gasteiger partial charge < -0.3 is 10.8 Å². The highest BCUT2D eigenvalue weighted by Crippen LogP contribution is 2.38. The summed E-state index contributed by atoms with van der Waals surface area (Å²) in [5.74, 6) is 0. The molecule has 1 aromatic carbocycles. The van der Waals surface area contributed by atoms with E-state index >= 15 is 0 Å². The molecule has 1 rings (SSSR count). The van der Waals surface area contributed by atoms with Crippen LogP contribution in [0.5, 0.6) is 0 Å². The minimum atomic E-state index is -4.48. The zero-order valence-electron chi connectivity index (χ0n) is 8.97. The van der Waals surface area contributed by atoms with Crippen molar-refractivity contribution < 1.29 is 18.3 Å². The van der Waals surface area contributed by atoms with E-state index < -0.39 is 17.8 Å². The molecule has 2 nitrogen and oxygen atoms in total. The molecule has 0 aliphatic carbocycles. The summed E-state index contributed by atoms with van der Waals surface area (Å²) >= 11 is 5.77. The van der Waals surface area contributed by atoms with Crippen LogP contribution in [0.15, 0.2) is 18.2 Å². The van der Waals surface area contributed by atoms with Gasteiger partial charge in [-0.25, -0.2) is 0 Å². The predicted molar refractivity (Wildman–Crippen MR) is 59.7 cm³/mol. The van der Waals surface area contributed by atoms with E-state index in [0.717, 1.165) is 6.07 Å². The lowest BCUT2D eigenvalue weighted by Gasteiger charge is -2.19. The van der Waals surface area contributed by atoms with Crippen molar-refractivity contribution in [3.63, 3.8) is 0 Å². The van der Waals surface area contributed by atoms with Crippen molar-refractivity contribution >= 4 is 11.6 Å². The molecule has 3 N–H and O–H groups in total. The van der Waals surface area contributed by atoms with Gasteiger partial charge in [0.25, 0.3) is 0 Å². The minimum absolute atomic E-state index is 0.00487. The van der Waals surface area contributed by atoms with Crippen LogP contribution in [0.4, 0.5) is 13.2 Å². The Labute approximate surface area is 102 Å². The fourth-order valence-electron chi connectivity index (χ4n) is 1.62. The third kappa shape index (κ3) is 3.59. The van der Waals surface area contributed by atoms with Gasteiger partial charge in [0.05, 0.1) is 5.56 Å². The highest BCUT2D eigenvalue weighted by atomic mass is 35.5. The molecular formula is C11H13ClF3NO. The fourth-order valence-corrected chi connectivity index (χ4v) is 1.93. The van der Waals surface area contributed by atoms with Crippen LogP contribution in [-0.2, 0) is 6.18 Å². The molecular weight excluding hydrogens is 255 g/mol. The predicted octanol–water partition coefficient (Wildman–Crippen LogP) is 3.13. The molecule has 1 aromatic rings. The molecule has 6 heteroatoms. The Hall–Kier alpha value is -0.780. The summed E-state index contributed by atoms with van der Waals surface area (Å²) in [6, 6.07) is 2.76. The minimum Gasteiger partial charge on any atom is -0.396 e. The van der Waals surface area contributed by atoms with Crippen LogP contribution in [0, 0.1) is 0 Å². The van der Waals surface area contributed by atoms with E-state index in [1.165, 1.54) is 12.1 Å². The number of hydrogen-bond donors (Lipinski definition) is 2. The lowest BCUT2D eigenvalue weighted by Crippen LogP contribution is -2.18. The van der Waals surface area contributed by atoms with Crippen LogP contribution < -0.4 is 5.73 Å². The quantitative estimate of drug-likeness (QED) is 0.880. The van der Waals surface area contributed by atoms with Gasteiger partial charge in [-0.2, -0.15) is 13.2 Å². The van der Waals surface area contributed by atoms with Crippen LogP contribution in [0.3, 0.4) is 0 Å². The first-order valence-corrected chi connectivity index (χ1v) is 5.47. The summed E-state index contributed by atoms with van der Waals surface area (Å²) in [5, 5.41) is 8.65. The van der Waals surface area contributed by atoms with Crippen molar-refractivity contribution in [2.24, 2.45) is 5.73 Å². The van der Waals surface area contributed by atoms with Crippen LogP contribution in [0.2, 0.25) is 5.02 Å². The molecule has 0 fully saturated rings. The number of aliphatic hydroxyl groups is 1. The zero-order valence-corrected chi connectivity index (χ0v) is 9.72. The van der Waals surface area contributed by atoms with Crippen molar-refractivity contribution in [1.82, 2.24) is 0 Å². The summed E-state index contributed by atoms with van der Waals surface area (Å²) in [7, 11) is 0.